The largest absolute Gasteiger partial charge is 0.383 e. The van der Waals surface area contributed by atoms with E-state index in [2.05, 4.69) is 28.9 Å². The van der Waals surface area contributed by atoms with Crippen molar-refractivity contribution in [1.82, 2.24) is 15.1 Å². The lowest BCUT2D eigenvalue weighted by Crippen LogP contribution is -2.36. The summed E-state index contributed by atoms with van der Waals surface area (Å²) in [6.07, 6.45) is 3.38. The van der Waals surface area contributed by atoms with Crippen molar-refractivity contribution in [2.75, 3.05) is 5.73 Å². The van der Waals surface area contributed by atoms with Gasteiger partial charge in [-0.2, -0.15) is 0 Å². The van der Waals surface area contributed by atoms with E-state index in [0.717, 1.165) is 11.0 Å². The Labute approximate surface area is 75.6 Å². The first-order valence-electron chi connectivity index (χ1n) is 4.19. The average molecular weight is 178 g/mol. The molecular weight excluding hydrogens is 166 g/mol. The molecule has 5 nitrogen and oxygen atoms in total. The second kappa shape index (κ2) is 2.69. The summed E-state index contributed by atoms with van der Waals surface area (Å²) in [6, 6.07) is 0.369. The van der Waals surface area contributed by atoms with Gasteiger partial charge in [-0.05, 0) is 13.8 Å². The normalized spacial score (nSPS) is 11.3. The van der Waals surface area contributed by atoms with Gasteiger partial charge in [0.25, 0.3) is 0 Å². The lowest BCUT2D eigenvalue weighted by Gasteiger charge is -1.90. The summed E-state index contributed by atoms with van der Waals surface area (Å²) < 4.78 is 1.95. The van der Waals surface area contributed by atoms with Crippen LogP contribution in [0.15, 0.2) is 12.5 Å². The van der Waals surface area contributed by atoms with E-state index in [1.807, 2.05) is 10.9 Å². The molecule has 0 saturated carbocycles. The zero-order valence-corrected chi connectivity index (χ0v) is 7.65. The highest BCUT2D eigenvalue weighted by atomic mass is 15.3. The lowest BCUT2D eigenvalue weighted by molar-refractivity contribution is -0.765. The molecule has 0 atom stereocenters. The Kier molecular flexibility index (Phi) is 1.65. The molecule has 2 aromatic rings. The molecule has 2 aromatic heterocycles. The smallest absolute Gasteiger partial charge is 0.209 e. The van der Waals surface area contributed by atoms with Crippen molar-refractivity contribution in [2.45, 2.75) is 19.9 Å². The van der Waals surface area contributed by atoms with Crippen molar-refractivity contribution in [3.63, 3.8) is 0 Å². The number of H-pyrrole nitrogens is 1. The first-order valence-corrected chi connectivity index (χ1v) is 4.19. The van der Waals surface area contributed by atoms with Crippen LogP contribution in [0.4, 0.5) is 5.82 Å². The van der Waals surface area contributed by atoms with Gasteiger partial charge in [0.15, 0.2) is 6.04 Å². The molecule has 0 unspecified atom stereocenters. The first kappa shape index (κ1) is 7.97. The van der Waals surface area contributed by atoms with E-state index in [-0.39, 0.29) is 0 Å². The number of nitrogens with zero attached hydrogens (tertiary/aromatic N) is 3. The molecule has 13 heavy (non-hydrogen) atoms. The minimum Gasteiger partial charge on any atom is -0.383 e. The Morgan fingerprint density at radius 3 is 2.85 bits per heavy atom. The molecule has 0 aliphatic rings. The van der Waals surface area contributed by atoms with Gasteiger partial charge in [-0.25, -0.2) is 9.97 Å². The Morgan fingerprint density at radius 2 is 2.23 bits per heavy atom. The number of aromatic nitrogens is 4. The number of nitrogen functional groups attached to an aromatic ring is 1. The van der Waals surface area contributed by atoms with Crippen molar-refractivity contribution < 1.29 is 4.68 Å². The SMILES string of the molecule is CC(C)[n+]1cc2c(N)ncnc2[nH]1. The summed E-state index contributed by atoms with van der Waals surface area (Å²) >= 11 is 0. The molecule has 5 heteroatoms. The molecule has 3 N–H and O–H groups in total. The van der Waals surface area contributed by atoms with Crippen LogP contribution in [0.1, 0.15) is 19.9 Å². The molecule has 0 fully saturated rings. The molecule has 2 rings (SSSR count). The lowest BCUT2D eigenvalue weighted by atomic mass is 10.4. The molecule has 0 aliphatic carbocycles. The molecule has 0 amide bonds. The van der Waals surface area contributed by atoms with Crippen LogP contribution in [-0.2, 0) is 0 Å². The van der Waals surface area contributed by atoms with Crippen molar-refractivity contribution in [3.8, 4) is 0 Å². The van der Waals surface area contributed by atoms with Gasteiger partial charge in [-0.1, -0.05) is 0 Å². The quantitative estimate of drug-likeness (QED) is 0.621. The van der Waals surface area contributed by atoms with Crippen molar-refractivity contribution in [1.29, 1.82) is 0 Å². The van der Waals surface area contributed by atoms with Crippen LogP contribution >= 0.6 is 0 Å². The van der Waals surface area contributed by atoms with Crippen LogP contribution in [0.5, 0.6) is 0 Å². The predicted molar refractivity (Wildman–Crippen MR) is 48.9 cm³/mol. The highest BCUT2D eigenvalue weighted by molar-refractivity contribution is 5.83. The Hall–Kier alpha value is -1.65. The summed E-state index contributed by atoms with van der Waals surface area (Å²) in [5, 5.41) is 3.99. The fourth-order valence-corrected chi connectivity index (χ4v) is 1.20. The highest BCUT2D eigenvalue weighted by Gasteiger charge is 2.13. The molecule has 0 aromatic carbocycles. The third kappa shape index (κ3) is 1.22. The van der Waals surface area contributed by atoms with Crippen LogP contribution in [0.3, 0.4) is 0 Å². The van der Waals surface area contributed by atoms with Gasteiger partial charge in [0, 0.05) is 0 Å². The average Bonchev–Trinajstić information content (AvgIpc) is 2.49. The van der Waals surface area contributed by atoms with Crippen LogP contribution in [-0.4, -0.2) is 15.1 Å². The molecule has 0 radical (unpaired) electrons. The molecule has 0 aliphatic heterocycles. The van der Waals surface area contributed by atoms with E-state index in [9.17, 15) is 0 Å². The maximum Gasteiger partial charge on any atom is 0.209 e. The third-order valence-electron chi connectivity index (χ3n) is 1.97. The Morgan fingerprint density at radius 1 is 1.46 bits per heavy atom. The monoisotopic (exact) mass is 178 g/mol. The summed E-state index contributed by atoms with van der Waals surface area (Å²) in [6.45, 7) is 4.16. The zero-order chi connectivity index (χ0) is 9.42. The number of nitrogens with one attached hydrogen (secondary N) is 1. The third-order valence-corrected chi connectivity index (χ3v) is 1.97. The number of aromatic amines is 1. The van der Waals surface area contributed by atoms with Crippen LogP contribution in [0, 0.1) is 0 Å². The topological polar surface area (TPSA) is 71.5 Å². The highest BCUT2D eigenvalue weighted by Crippen LogP contribution is 2.11. The minimum absolute atomic E-state index is 0.369. The van der Waals surface area contributed by atoms with Gasteiger partial charge in [0.05, 0.1) is 0 Å². The molecule has 0 saturated heterocycles. The maximum atomic E-state index is 5.69. The van der Waals surface area contributed by atoms with Crippen LogP contribution < -0.4 is 10.4 Å². The van der Waals surface area contributed by atoms with Crippen LogP contribution in [0.25, 0.3) is 11.0 Å². The van der Waals surface area contributed by atoms with E-state index in [0.29, 0.717) is 11.9 Å². The Balaban J connectivity index is 2.68. The van der Waals surface area contributed by atoms with E-state index in [4.69, 9.17) is 5.73 Å². The van der Waals surface area contributed by atoms with Crippen molar-refractivity contribution >= 4 is 16.9 Å². The van der Waals surface area contributed by atoms with Gasteiger partial charge >= 0.3 is 0 Å². The van der Waals surface area contributed by atoms with E-state index in [1.54, 1.807) is 0 Å². The van der Waals surface area contributed by atoms with Crippen LogP contribution in [0.2, 0.25) is 0 Å². The Bertz CT molecular complexity index is 431. The second-order valence-electron chi connectivity index (χ2n) is 3.26. The number of hydrogen-bond donors (Lipinski definition) is 2. The van der Waals surface area contributed by atoms with Crippen molar-refractivity contribution in [2.24, 2.45) is 0 Å². The standard InChI is InChI=1S/C8H11N5/c1-5(2)13-3-6-7(9)10-4-11-8(6)12-13/h3-5H,1-2H3,(H2,9,10,11,12)/p+1. The van der Waals surface area contributed by atoms with E-state index in [1.165, 1.54) is 6.33 Å². The molecule has 0 spiro atoms. The number of fused-ring (bicyclic) bond motifs is 1. The fourth-order valence-electron chi connectivity index (χ4n) is 1.20. The second-order valence-corrected chi connectivity index (χ2v) is 3.26. The molecule has 2 heterocycles. The van der Waals surface area contributed by atoms with E-state index < -0.39 is 0 Å². The summed E-state index contributed by atoms with van der Waals surface area (Å²) in [7, 11) is 0. The molecular formula is C8H12N5+. The molecule has 0 bridgehead atoms. The predicted octanol–water partition coefficient (Wildman–Crippen LogP) is 0.409. The summed E-state index contributed by atoms with van der Waals surface area (Å²) in [4.78, 5) is 7.99. The number of anilines is 1. The van der Waals surface area contributed by atoms with Gasteiger partial charge < -0.3 is 5.73 Å². The summed E-state index contributed by atoms with van der Waals surface area (Å²) in [5.41, 5.74) is 6.46. The fraction of sp³-hybridized carbons (Fsp3) is 0.375. The van der Waals surface area contributed by atoms with Crippen molar-refractivity contribution in [3.05, 3.63) is 12.5 Å². The zero-order valence-electron chi connectivity index (χ0n) is 7.65. The van der Waals surface area contributed by atoms with Gasteiger partial charge in [0.2, 0.25) is 11.8 Å². The number of rotatable bonds is 1. The van der Waals surface area contributed by atoms with Gasteiger partial charge in [-0.3, -0.25) is 0 Å². The maximum absolute atomic E-state index is 5.69. The van der Waals surface area contributed by atoms with Gasteiger partial charge in [-0.15, -0.1) is 9.78 Å². The molecule has 68 valence electrons. The summed E-state index contributed by atoms with van der Waals surface area (Å²) in [5.74, 6) is 0.514. The number of nitrogens with two attached hydrogens (primary N) is 1. The van der Waals surface area contributed by atoms with E-state index >= 15 is 0 Å². The van der Waals surface area contributed by atoms with Gasteiger partial charge in [0.1, 0.15) is 17.5 Å². The number of hydrogen-bond acceptors (Lipinski definition) is 3. The first-order chi connectivity index (χ1) is 6.18. The minimum atomic E-state index is 0.369.